The predicted molar refractivity (Wildman–Crippen MR) is 108 cm³/mol. The average molecular weight is 356 g/mol. The quantitative estimate of drug-likeness (QED) is 0.652. The van der Waals surface area contributed by atoms with E-state index < -0.39 is 0 Å². The number of rotatable bonds is 5. The van der Waals surface area contributed by atoms with Crippen LogP contribution in [0.3, 0.4) is 0 Å². The summed E-state index contributed by atoms with van der Waals surface area (Å²) in [6, 6.07) is 24.7. The van der Waals surface area contributed by atoms with Crippen molar-refractivity contribution in [3.63, 3.8) is 0 Å². The standard InChI is InChI=1S/C24H24N2O/c27-24(26-16-8-9-17-26)18-22(19-10-2-1-3-11-19)20-12-4-5-13-21(20)23-14-6-7-15-25-23/h1-7,10-15,22H,8-9,16-18H2. The van der Waals surface area contributed by atoms with Crippen LogP contribution in [0, 0.1) is 0 Å². The smallest absolute Gasteiger partial charge is 0.223 e. The van der Waals surface area contributed by atoms with Crippen molar-refractivity contribution in [2.75, 3.05) is 13.1 Å². The molecule has 0 aliphatic carbocycles. The molecule has 3 heteroatoms. The van der Waals surface area contributed by atoms with Crippen LogP contribution in [-0.4, -0.2) is 28.9 Å². The van der Waals surface area contributed by atoms with E-state index in [1.54, 1.807) is 0 Å². The van der Waals surface area contributed by atoms with E-state index in [9.17, 15) is 4.79 Å². The molecule has 2 heterocycles. The third-order valence-corrected chi connectivity index (χ3v) is 5.32. The minimum Gasteiger partial charge on any atom is -0.343 e. The maximum absolute atomic E-state index is 13.0. The lowest BCUT2D eigenvalue weighted by Crippen LogP contribution is -2.29. The number of carbonyl (C=O) groups excluding carboxylic acids is 1. The Labute approximate surface area is 160 Å². The largest absolute Gasteiger partial charge is 0.343 e. The molecule has 1 aromatic heterocycles. The number of likely N-dealkylation sites (tertiary alicyclic amines) is 1. The summed E-state index contributed by atoms with van der Waals surface area (Å²) in [6.07, 6.45) is 4.55. The van der Waals surface area contributed by atoms with Gasteiger partial charge in [0.15, 0.2) is 0 Å². The van der Waals surface area contributed by atoms with E-state index in [1.807, 2.05) is 53.6 Å². The Morgan fingerprint density at radius 2 is 1.59 bits per heavy atom. The summed E-state index contributed by atoms with van der Waals surface area (Å²) in [7, 11) is 0. The summed E-state index contributed by atoms with van der Waals surface area (Å²) < 4.78 is 0. The van der Waals surface area contributed by atoms with E-state index in [2.05, 4.69) is 35.3 Å². The fraction of sp³-hybridized carbons (Fsp3) is 0.250. The van der Waals surface area contributed by atoms with Gasteiger partial charge in [-0.3, -0.25) is 9.78 Å². The Kier molecular flexibility index (Phi) is 5.29. The van der Waals surface area contributed by atoms with Gasteiger partial charge in [0.05, 0.1) is 5.69 Å². The second kappa shape index (κ2) is 8.17. The molecule has 1 amide bonds. The van der Waals surface area contributed by atoms with Crippen LogP contribution in [0.4, 0.5) is 0 Å². The number of nitrogens with zero attached hydrogens (tertiary/aromatic N) is 2. The Morgan fingerprint density at radius 1 is 0.889 bits per heavy atom. The van der Waals surface area contributed by atoms with Crippen LogP contribution in [0.2, 0.25) is 0 Å². The van der Waals surface area contributed by atoms with Gasteiger partial charge in [-0.25, -0.2) is 0 Å². The maximum atomic E-state index is 13.0. The highest BCUT2D eigenvalue weighted by atomic mass is 16.2. The summed E-state index contributed by atoms with van der Waals surface area (Å²) in [6.45, 7) is 1.78. The van der Waals surface area contributed by atoms with Crippen molar-refractivity contribution >= 4 is 5.91 Å². The molecule has 27 heavy (non-hydrogen) atoms. The second-order valence-corrected chi connectivity index (χ2v) is 7.06. The van der Waals surface area contributed by atoms with Crippen molar-refractivity contribution in [3.05, 3.63) is 90.1 Å². The van der Waals surface area contributed by atoms with E-state index in [0.29, 0.717) is 6.42 Å². The number of amides is 1. The van der Waals surface area contributed by atoms with Gasteiger partial charge in [-0.15, -0.1) is 0 Å². The predicted octanol–water partition coefficient (Wildman–Crippen LogP) is 4.89. The van der Waals surface area contributed by atoms with E-state index in [-0.39, 0.29) is 11.8 Å². The van der Waals surface area contributed by atoms with Crippen LogP contribution in [0.15, 0.2) is 79.0 Å². The van der Waals surface area contributed by atoms with Crippen molar-refractivity contribution < 1.29 is 4.79 Å². The highest BCUT2D eigenvalue weighted by Crippen LogP contribution is 2.35. The third kappa shape index (κ3) is 3.92. The molecule has 1 fully saturated rings. The van der Waals surface area contributed by atoms with Gasteiger partial charge < -0.3 is 4.90 Å². The fourth-order valence-corrected chi connectivity index (χ4v) is 3.92. The number of hydrogen-bond acceptors (Lipinski definition) is 2. The molecule has 3 nitrogen and oxygen atoms in total. The van der Waals surface area contributed by atoms with Crippen LogP contribution in [0.1, 0.15) is 36.3 Å². The Hall–Kier alpha value is -2.94. The molecule has 0 bridgehead atoms. The highest BCUT2D eigenvalue weighted by molar-refractivity contribution is 5.79. The zero-order valence-corrected chi connectivity index (χ0v) is 15.4. The topological polar surface area (TPSA) is 33.2 Å². The van der Waals surface area contributed by atoms with Crippen molar-refractivity contribution in [2.45, 2.75) is 25.2 Å². The summed E-state index contributed by atoms with van der Waals surface area (Å²) in [4.78, 5) is 19.5. The summed E-state index contributed by atoms with van der Waals surface area (Å²) in [5, 5.41) is 0. The van der Waals surface area contributed by atoms with Gasteiger partial charge in [-0.1, -0.05) is 60.7 Å². The molecule has 1 unspecified atom stereocenters. The molecule has 2 aromatic carbocycles. The molecule has 1 saturated heterocycles. The molecule has 1 aliphatic rings. The molecule has 4 rings (SSSR count). The first-order valence-corrected chi connectivity index (χ1v) is 9.66. The van der Waals surface area contributed by atoms with Gasteiger partial charge in [0.1, 0.15) is 0 Å². The zero-order valence-electron chi connectivity index (χ0n) is 15.4. The number of hydrogen-bond donors (Lipinski definition) is 0. The lowest BCUT2D eigenvalue weighted by atomic mass is 9.84. The zero-order chi connectivity index (χ0) is 18.5. The van der Waals surface area contributed by atoms with Gasteiger partial charge in [0.2, 0.25) is 5.91 Å². The second-order valence-electron chi connectivity index (χ2n) is 7.06. The summed E-state index contributed by atoms with van der Waals surface area (Å²) in [5.41, 5.74) is 4.38. The maximum Gasteiger partial charge on any atom is 0.223 e. The van der Waals surface area contributed by atoms with Crippen LogP contribution in [0.25, 0.3) is 11.3 Å². The molecular formula is C24H24N2O. The first-order valence-electron chi connectivity index (χ1n) is 9.66. The molecule has 0 N–H and O–H groups in total. The lowest BCUT2D eigenvalue weighted by molar-refractivity contribution is -0.130. The van der Waals surface area contributed by atoms with Crippen LogP contribution in [0.5, 0.6) is 0 Å². The molecule has 0 saturated carbocycles. The van der Waals surface area contributed by atoms with Gasteiger partial charge in [-0.2, -0.15) is 0 Å². The monoisotopic (exact) mass is 356 g/mol. The molecule has 0 radical (unpaired) electrons. The van der Waals surface area contributed by atoms with E-state index >= 15 is 0 Å². The fourth-order valence-electron chi connectivity index (χ4n) is 3.92. The van der Waals surface area contributed by atoms with E-state index in [1.165, 1.54) is 5.56 Å². The Bertz CT molecular complexity index is 887. The SMILES string of the molecule is O=C(CC(c1ccccc1)c1ccccc1-c1ccccn1)N1CCCC1. The first kappa shape index (κ1) is 17.5. The summed E-state index contributed by atoms with van der Waals surface area (Å²) in [5.74, 6) is 0.273. The van der Waals surface area contributed by atoms with Crippen molar-refractivity contribution in [3.8, 4) is 11.3 Å². The number of carbonyl (C=O) groups is 1. The normalized spacial score (nSPS) is 14.9. The van der Waals surface area contributed by atoms with Crippen LogP contribution >= 0.6 is 0 Å². The number of benzene rings is 2. The number of aromatic nitrogens is 1. The van der Waals surface area contributed by atoms with Gasteiger partial charge in [0.25, 0.3) is 0 Å². The van der Waals surface area contributed by atoms with E-state index in [0.717, 1.165) is 42.8 Å². The van der Waals surface area contributed by atoms with Crippen molar-refractivity contribution in [2.24, 2.45) is 0 Å². The Morgan fingerprint density at radius 3 is 2.33 bits per heavy atom. The minimum absolute atomic E-state index is 0.0255. The van der Waals surface area contributed by atoms with Crippen molar-refractivity contribution in [1.29, 1.82) is 0 Å². The average Bonchev–Trinajstić information content (AvgIpc) is 3.28. The highest BCUT2D eigenvalue weighted by Gasteiger charge is 2.25. The molecule has 3 aromatic rings. The Balaban J connectivity index is 1.74. The molecule has 136 valence electrons. The third-order valence-electron chi connectivity index (χ3n) is 5.32. The van der Waals surface area contributed by atoms with Gasteiger partial charge in [-0.05, 0) is 36.1 Å². The van der Waals surface area contributed by atoms with Crippen LogP contribution < -0.4 is 0 Å². The van der Waals surface area contributed by atoms with Crippen molar-refractivity contribution in [1.82, 2.24) is 9.88 Å². The first-order chi connectivity index (χ1) is 13.3. The summed E-state index contributed by atoms with van der Waals surface area (Å²) >= 11 is 0. The molecule has 1 atom stereocenters. The minimum atomic E-state index is 0.0255. The molecule has 1 aliphatic heterocycles. The van der Waals surface area contributed by atoms with Crippen LogP contribution in [-0.2, 0) is 4.79 Å². The molecular weight excluding hydrogens is 332 g/mol. The van der Waals surface area contributed by atoms with Gasteiger partial charge in [0, 0.05) is 37.2 Å². The lowest BCUT2D eigenvalue weighted by Gasteiger charge is -2.23. The molecule has 0 spiro atoms. The number of pyridine rings is 1. The van der Waals surface area contributed by atoms with Gasteiger partial charge >= 0.3 is 0 Å². The van der Waals surface area contributed by atoms with E-state index in [4.69, 9.17) is 0 Å².